The monoisotopic (exact) mass is 300 g/mol. The van der Waals surface area contributed by atoms with Crippen LogP contribution < -0.4 is 5.32 Å². The molecule has 2 heterocycles. The summed E-state index contributed by atoms with van der Waals surface area (Å²) in [6, 6.07) is 7.27. The first-order chi connectivity index (χ1) is 10.7. The van der Waals surface area contributed by atoms with Crippen molar-refractivity contribution in [3.63, 3.8) is 0 Å². The van der Waals surface area contributed by atoms with Gasteiger partial charge in [-0.25, -0.2) is 8.78 Å². The molecule has 0 aliphatic heterocycles. The Labute approximate surface area is 126 Å². The smallest absolute Gasteiger partial charge is 0.126 e. The van der Waals surface area contributed by atoms with E-state index in [2.05, 4.69) is 20.5 Å². The summed E-state index contributed by atoms with van der Waals surface area (Å²) in [5.41, 5.74) is 3.34. The van der Waals surface area contributed by atoms with Gasteiger partial charge in [-0.15, -0.1) is 0 Å². The minimum Gasteiger partial charge on any atom is -0.308 e. The average Bonchev–Trinajstić information content (AvgIpc) is 2.96. The number of aromatic nitrogens is 3. The number of rotatable bonds is 5. The molecule has 0 saturated heterocycles. The van der Waals surface area contributed by atoms with Crippen molar-refractivity contribution in [2.24, 2.45) is 0 Å². The summed E-state index contributed by atoms with van der Waals surface area (Å²) < 4.78 is 26.2. The minimum atomic E-state index is -0.573. The Hall–Kier alpha value is -2.60. The Kier molecular flexibility index (Phi) is 4.20. The summed E-state index contributed by atoms with van der Waals surface area (Å²) in [4.78, 5) is 4.08. The standard InChI is InChI=1S/C16H14F2N4/c17-14-4-11(5-15(18)6-14)7-20-9-13-10-21-22-16(13)12-2-1-3-19-8-12/h1-6,8,10,20H,7,9H2,(H,21,22). The van der Waals surface area contributed by atoms with Crippen LogP contribution in [0.3, 0.4) is 0 Å². The summed E-state index contributed by atoms with van der Waals surface area (Å²) in [7, 11) is 0. The Morgan fingerprint density at radius 2 is 1.86 bits per heavy atom. The number of aromatic amines is 1. The number of halogens is 2. The molecule has 1 aromatic carbocycles. The van der Waals surface area contributed by atoms with Gasteiger partial charge in [-0.2, -0.15) is 5.10 Å². The second-order valence-corrected chi connectivity index (χ2v) is 4.89. The van der Waals surface area contributed by atoms with Gasteiger partial charge in [0.1, 0.15) is 11.6 Å². The van der Waals surface area contributed by atoms with Gasteiger partial charge in [0.05, 0.1) is 11.9 Å². The summed E-state index contributed by atoms with van der Waals surface area (Å²) >= 11 is 0. The lowest BCUT2D eigenvalue weighted by atomic mass is 10.1. The number of benzene rings is 1. The second kappa shape index (κ2) is 6.44. The third kappa shape index (κ3) is 3.35. The van der Waals surface area contributed by atoms with Crippen molar-refractivity contribution in [2.45, 2.75) is 13.1 Å². The fraction of sp³-hybridized carbons (Fsp3) is 0.125. The van der Waals surface area contributed by atoms with Gasteiger partial charge < -0.3 is 5.32 Å². The average molecular weight is 300 g/mol. The number of hydrogen-bond acceptors (Lipinski definition) is 3. The summed E-state index contributed by atoms with van der Waals surface area (Å²) in [5, 5.41) is 10.1. The largest absolute Gasteiger partial charge is 0.308 e. The van der Waals surface area contributed by atoms with Crippen molar-refractivity contribution in [1.82, 2.24) is 20.5 Å². The van der Waals surface area contributed by atoms with Gasteiger partial charge in [0.2, 0.25) is 0 Å². The van der Waals surface area contributed by atoms with E-state index in [4.69, 9.17) is 0 Å². The van der Waals surface area contributed by atoms with E-state index in [9.17, 15) is 8.78 Å². The van der Waals surface area contributed by atoms with Gasteiger partial charge in [-0.05, 0) is 29.8 Å². The molecule has 3 aromatic rings. The predicted octanol–water partition coefficient (Wildman–Crippen LogP) is 3.04. The van der Waals surface area contributed by atoms with Crippen molar-refractivity contribution in [3.05, 3.63) is 71.7 Å². The summed E-state index contributed by atoms with van der Waals surface area (Å²) in [6.45, 7) is 0.894. The van der Waals surface area contributed by atoms with Crippen molar-refractivity contribution in [3.8, 4) is 11.3 Å². The van der Waals surface area contributed by atoms with E-state index in [1.165, 1.54) is 12.1 Å². The molecule has 4 nitrogen and oxygen atoms in total. The lowest BCUT2D eigenvalue weighted by Crippen LogP contribution is -2.13. The Balaban J connectivity index is 1.67. The molecule has 112 valence electrons. The quantitative estimate of drug-likeness (QED) is 0.761. The van der Waals surface area contributed by atoms with Crippen LogP contribution in [0.2, 0.25) is 0 Å². The molecule has 2 aromatic heterocycles. The number of nitrogens with zero attached hydrogens (tertiary/aromatic N) is 2. The predicted molar refractivity (Wildman–Crippen MR) is 78.7 cm³/mol. The number of nitrogens with one attached hydrogen (secondary N) is 2. The molecule has 22 heavy (non-hydrogen) atoms. The third-order valence-corrected chi connectivity index (χ3v) is 3.23. The first kappa shape index (κ1) is 14.3. The molecule has 0 amide bonds. The fourth-order valence-corrected chi connectivity index (χ4v) is 2.26. The topological polar surface area (TPSA) is 53.6 Å². The lowest BCUT2D eigenvalue weighted by Gasteiger charge is -2.06. The van der Waals surface area contributed by atoms with Gasteiger partial charge in [0.15, 0.2) is 0 Å². The lowest BCUT2D eigenvalue weighted by molar-refractivity contribution is 0.575. The Bertz CT molecular complexity index is 736. The van der Waals surface area contributed by atoms with E-state index in [0.29, 0.717) is 18.7 Å². The molecule has 0 saturated carbocycles. The summed E-state index contributed by atoms with van der Waals surface area (Å²) in [5.74, 6) is -1.15. The van der Waals surface area contributed by atoms with Gasteiger partial charge in [0, 0.05) is 42.7 Å². The normalized spacial score (nSPS) is 10.8. The van der Waals surface area contributed by atoms with Crippen LogP contribution in [-0.4, -0.2) is 15.2 Å². The van der Waals surface area contributed by atoms with Crippen LogP contribution in [0.15, 0.2) is 48.9 Å². The molecule has 0 spiro atoms. The van der Waals surface area contributed by atoms with Crippen molar-refractivity contribution < 1.29 is 8.78 Å². The molecule has 0 atom stereocenters. The van der Waals surface area contributed by atoms with E-state index in [1.807, 2.05) is 12.1 Å². The molecule has 0 unspecified atom stereocenters. The first-order valence-corrected chi connectivity index (χ1v) is 6.81. The van der Waals surface area contributed by atoms with E-state index >= 15 is 0 Å². The third-order valence-electron chi connectivity index (χ3n) is 3.23. The second-order valence-electron chi connectivity index (χ2n) is 4.89. The molecular weight excluding hydrogens is 286 g/mol. The molecule has 0 fully saturated rings. The highest BCUT2D eigenvalue weighted by Gasteiger charge is 2.07. The molecule has 6 heteroatoms. The minimum absolute atomic E-state index is 0.367. The van der Waals surface area contributed by atoms with Crippen LogP contribution >= 0.6 is 0 Å². The molecule has 3 rings (SSSR count). The zero-order valence-corrected chi connectivity index (χ0v) is 11.7. The fourth-order valence-electron chi connectivity index (χ4n) is 2.26. The van der Waals surface area contributed by atoms with Crippen LogP contribution in [0.1, 0.15) is 11.1 Å². The van der Waals surface area contributed by atoms with Crippen LogP contribution in [0.4, 0.5) is 8.78 Å². The Morgan fingerprint density at radius 3 is 2.59 bits per heavy atom. The van der Waals surface area contributed by atoms with Crippen molar-refractivity contribution in [1.29, 1.82) is 0 Å². The first-order valence-electron chi connectivity index (χ1n) is 6.81. The molecule has 0 bridgehead atoms. The van der Waals surface area contributed by atoms with E-state index < -0.39 is 11.6 Å². The van der Waals surface area contributed by atoms with Crippen LogP contribution in [0.5, 0.6) is 0 Å². The number of pyridine rings is 1. The number of hydrogen-bond donors (Lipinski definition) is 2. The van der Waals surface area contributed by atoms with Crippen LogP contribution in [0.25, 0.3) is 11.3 Å². The highest BCUT2D eigenvalue weighted by molar-refractivity contribution is 5.61. The van der Waals surface area contributed by atoms with Crippen LogP contribution in [-0.2, 0) is 13.1 Å². The molecule has 0 aliphatic carbocycles. The maximum Gasteiger partial charge on any atom is 0.126 e. The van der Waals surface area contributed by atoms with Gasteiger partial charge >= 0.3 is 0 Å². The molecular formula is C16H14F2N4. The molecule has 2 N–H and O–H groups in total. The van der Waals surface area contributed by atoms with E-state index in [0.717, 1.165) is 22.9 Å². The van der Waals surface area contributed by atoms with Crippen LogP contribution in [0, 0.1) is 11.6 Å². The molecule has 0 radical (unpaired) electrons. The SMILES string of the molecule is Fc1cc(F)cc(CNCc2cn[nH]c2-c2cccnc2)c1. The van der Waals surface area contributed by atoms with E-state index in [-0.39, 0.29) is 0 Å². The maximum atomic E-state index is 13.1. The zero-order valence-electron chi connectivity index (χ0n) is 11.7. The van der Waals surface area contributed by atoms with Gasteiger partial charge in [-0.1, -0.05) is 0 Å². The van der Waals surface area contributed by atoms with Crippen molar-refractivity contribution in [2.75, 3.05) is 0 Å². The highest BCUT2D eigenvalue weighted by Crippen LogP contribution is 2.19. The van der Waals surface area contributed by atoms with Gasteiger partial charge in [0.25, 0.3) is 0 Å². The van der Waals surface area contributed by atoms with E-state index in [1.54, 1.807) is 18.6 Å². The summed E-state index contributed by atoms with van der Waals surface area (Å²) in [6.07, 6.45) is 5.18. The zero-order chi connectivity index (χ0) is 15.4. The number of H-pyrrole nitrogens is 1. The van der Waals surface area contributed by atoms with Crippen molar-refractivity contribution >= 4 is 0 Å². The Morgan fingerprint density at radius 1 is 1.05 bits per heavy atom. The highest BCUT2D eigenvalue weighted by atomic mass is 19.1. The van der Waals surface area contributed by atoms with Gasteiger partial charge in [-0.3, -0.25) is 10.1 Å². The maximum absolute atomic E-state index is 13.1. The molecule has 0 aliphatic rings.